The molecule has 1 aromatic rings. The predicted molar refractivity (Wildman–Crippen MR) is 104 cm³/mol. The van der Waals surface area contributed by atoms with Crippen LogP contribution in [0.3, 0.4) is 0 Å². The lowest BCUT2D eigenvalue weighted by Gasteiger charge is -2.39. The third kappa shape index (κ3) is 4.80. The van der Waals surface area contributed by atoms with Crippen molar-refractivity contribution in [2.75, 3.05) is 50.5 Å². The van der Waals surface area contributed by atoms with Crippen molar-refractivity contribution in [1.29, 1.82) is 0 Å². The van der Waals surface area contributed by atoms with E-state index in [0.717, 1.165) is 51.3 Å². The molecule has 1 aromatic heterocycles. The zero-order valence-electron chi connectivity index (χ0n) is 16.6. The van der Waals surface area contributed by atoms with Crippen LogP contribution in [-0.4, -0.2) is 66.8 Å². The number of methoxy groups -OCH3 is 1. The Kier molecular flexibility index (Phi) is 6.04. The molecule has 0 aromatic carbocycles. The van der Waals surface area contributed by atoms with E-state index < -0.39 is 0 Å². The maximum atomic E-state index is 12.4. The number of nitrogens with two attached hydrogens (primary N) is 1. The third-order valence-corrected chi connectivity index (χ3v) is 5.39. The summed E-state index contributed by atoms with van der Waals surface area (Å²) in [6.07, 6.45) is 3.53. The van der Waals surface area contributed by atoms with Gasteiger partial charge in [-0.15, -0.1) is 0 Å². The van der Waals surface area contributed by atoms with E-state index in [1.165, 1.54) is 0 Å². The molecule has 2 aliphatic heterocycles. The second-order valence-electron chi connectivity index (χ2n) is 7.91. The van der Waals surface area contributed by atoms with Gasteiger partial charge >= 0.3 is 0 Å². The van der Waals surface area contributed by atoms with Crippen molar-refractivity contribution in [1.82, 2.24) is 14.9 Å². The van der Waals surface area contributed by atoms with Gasteiger partial charge in [0.25, 0.3) is 0 Å². The van der Waals surface area contributed by atoms with Crippen molar-refractivity contribution in [3.05, 3.63) is 6.07 Å². The lowest BCUT2D eigenvalue weighted by Crippen LogP contribution is -2.42. The highest BCUT2D eigenvalue weighted by atomic mass is 16.5. The van der Waals surface area contributed by atoms with Crippen LogP contribution in [0.2, 0.25) is 0 Å². The van der Waals surface area contributed by atoms with Crippen LogP contribution < -0.4 is 15.4 Å². The highest BCUT2D eigenvalue weighted by molar-refractivity contribution is 5.79. The van der Waals surface area contributed by atoms with E-state index in [2.05, 4.69) is 14.9 Å². The van der Waals surface area contributed by atoms with Gasteiger partial charge in [-0.25, -0.2) is 0 Å². The molecule has 8 nitrogen and oxygen atoms in total. The van der Waals surface area contributed by atoms with E-state index in [4.69, 9.17) is 15.2 Å². The van der Waals surface area contributed by atoms with Gasteiger partial charge < -0.3 is 25.0 Å². The summed E-state index contributed by atoms with van der Waals surface area (Å²) in [5.41, 5.74) is 5.96. The number of nitrogen functional groups attached to an aromatic ring is 1. The number of anilines is 2. The van der Waals surface area contributed by atoms with Gasteiger partial charge in [0.05, 0.1) is 6.10 Å². The fourth-order valence-corrected chi connectivity index (χ4v) is 4.02. The summed E-state index contributed by atoms with van der Waals surface area (Å²) in [7, 11) is 1.69. The first-order valence-electron chi connectivity index (χ1n) is 9.74. The lowest BCUT2D eigenvalue weighted by molar-refractivity contribution is -0.128. The SMILES string of the molecule is COCCCN1CC2(CCN(c3cc(OC(C)C)nc(N)n3)CC2)CC1=O. The molecule has 1 spiro atoms. The molecule has 150 valence electrons. The van der Waals surface area contributed by atoms with Crippen LogP contribution in [0, 0.1) is 5.41 Å². The van der Waals surface area contributed by atoms with Crippen molar-refractivity contribution in [2.45, 2.75) is 45.6 Å². The van der Waals surface area contributed by atoms with Crippen molar-refractivity contribution >= 4 is 17.7 Å². The van der Waals surface area contributed by atoms with Gasteiger partial charge in [0.15, 0.2) is 0 Å². The highest BCUT2D eigenvalue weighted by Crippen LogP contribution is 2.42. The number of carbonyl (C=O) groups is 1. The zero-order chi connectivity index (χ0) is 19.4. The summed E-state index contributed by atoms with van der Waals surface area (Å²) in [6, 6.07) is 1.85. The minimum absolute atomic E-state index is 0.0327. The first kappa shape index (κ1) is 19.7. The van der Waals surface area contributed by atoms with Crippen molar-refractivity contribution in [2.24, 2.45) is 5.41 Å². The number of carbonyl (C=O) groups excluding carboxylic acids is 1. The molecule has 0 radical (unpaired) electrons. The predicted octanol–water partition coefficient (Wildman–Crippen LogP) is 1.70. The lowest BCUT2D eigenvalue weighted by atomic mass is 9.77. The number of amides is 1. The van der Waals surface area contributed by atoms with E-state index in [0.29, 0.717) is 18.9 Å². The summed E-state index contributed by atoms with van der Waals surface area (Å²) < 4.78 is 10.8. The number of likely N-dealkylation sites (tertiary alicyclic amines) is 1. The number of hydrogen-bond donors (Lipinski definition) is 1. The molecule has 0 bridgehead atoms. The number of hydrogen-bond acceptors (Lipinski definition) is 7. The molecule has 0 unspecified atom stereocenters. The van der Waals surface area contributed by atoms with Gasteiger partial charge in [-0.2, -0.15) is 9.97 Å². The second-order valence-corrected chi connectivity index (χ2v) is 7.91. The van der Waals surface area contributed by atoms with Gasteiger partial charge in [0, 0.05) is 57.8 Å². The Balaban J connectivity index is 1.61. The minimum Gasteiger partial charge on any atom is -0.475 e. The van der Waals surface area contributed by atoms with Crippen LogP contribution in [0.25, 0.3) is 0 Å². The molecule has 2 N–H and O–H groups in total. The maximum Gasteiger partial charge on any atom is 0.225 e. The topological polar surface area (TPSA) is 93.8 Å². The molecule has 0 atom stereocenters. The largest absolute Gasteiger partial charge is 0.475 e. The van der Waals surface area contributed by atoms with Gasteiger partial charge in [-0.1, -0.05) is 0 Å². The van der Waals surface area contributed by atoms with E-state index in [1.54, 1.807) is 7.11 Å². The Hall–Kier alpha value is -2.09. The van der Waals surface area contributed by atoms with Gasteiger partial charge in [-0.3, -0.25) is 4.79 Å². The fraction of sp³-hybridized carbons (Fsp3) is 0.737. The summed E-state index contributed by atoms with van der Waals surface area (Å²) in [6.45, 7) is 7.97. The van der Waals surface area contributed by atoms with Gasteiger partial charge in [0.2, 0.25) is 17.7 Å². The molecule has 3 heterocycles. The molecule has 0 aliphatic carbocycles. The Morgan fingerprint density at radius 1 is 1.30 bits per heavy atom. The quantitative estimate of drug-likeness (QED) is 0.723. The first-order chi connectivity index (χ1) is 12.9. The van der Waals surface area contributed by atoms with Gasteiger partial charge in [0.1, 0.15) is 5.82 Å². The molecule has 1 amide bonds. The number of piperidine rings is 1. The normalized spacial score (nSPS) is 19.3. The average Bonchev–Trinajstić information content (AvgIpc) is 2.90. The molecule has 2 aliphatic rings. The summed E-state index contributed by atoms with van der Waals surface area (Å²) in [5, 5.41) is 0. The standard InChI is InChI=1S/C19H31N5O3/c1-14(2)27-16-11-15(21-18(20)22-16)23-8-5-19(6-9-23)12-17(25)24(13-19)7-4-10-26-3/h11,14H,4-10,12-13H2,1-3H3,(H2,20,21,22). The summed E-state index contributed by atoms with van der Waals surface area (Å²) >= 11 is 0. The first-order valence-corrected chi connectivity index (χ1v) is 9.74. The van der Waals surface area contributed by atoms with Crippen LogP contribution in [0.4, 0.5) is 11.8 Å². The maximum absolute atomic E-state index is 12.4. The van der Waals surface area contributed by atoms with Crippen molar-refractivity contribution in [3.8, 4) is 5.88 Å². The third-order valence-electron chi connectivity index (χ3n) is 5.39. The average molecular weight is 377 g/mol. The monoisotopic (exact) mass is 377 g/mol. The Morgan fingerprint density at radius 2 is 2.04 bits per heavy atom. The Morgan fingerprint density at radius 3 is 2.70 bits per heavy atom. The van der Waals surface area contributed by atoms with Crippen LogP contribution >= 0.6 is 0 Å². The summed E-state index contributed by atoms with van der Waals surface area (Å²) in [4.78, 5) is 25.2. The molecule has 2 fully saturated rings. The zero-order valence-corrected chi connectivity index (χ0v) is 16.6. The Bertz CT molecular complexity index is 659. The van der Waals surface area contributed by atoms with Gasteiger partial charge in [-0.05, 0) is 33.1 Å². The molecular formula is C19H31N5O3. The van der Waals surface area contributed by atoms with E-state index in [1.807, 2.05) is 24.8 Å². The summed E-state index contributed by atoms with van der Waals surface area (Å²) in [5.74, 6) is 1.81. The molecule has 0 saturated carbocycles. The van der Waals surface area contributed by atoms with Crippen molar-refractivity contribution in [3.63, 3.8) is 0 Å². The molecule has 2 saturated heterocycles. The molecular weight excluding hydrogens is 346 g/mol. The smallest absolute Gasteiger partial charge is 0.225 e. The van der Waals surface area contributed by atoms with Crippen LogP contribution in [-0.2, 0) is 9.53 Å². The van der Waals surface area contributed by atoms with Crippen molar-refractivity contribution < 1.29 is 14.3 Å². The van der Waals surface area contributed by atoms with E-state index in [-0.39, 0.29) is 23.4 Å². The number of rotatable bonds is 7. The van der Waals surface area contributed by atoms with Crippen LogP contribution in [0.5, 0.6) is 5.88 Å². The molecule has 27 heavy (non-hydrogen) atoms. The fourth-order valence-electron chi connectivity index (χ4n) is 4.02. The number of ether oxygens (including phenoxy) is 2. The number of nitrogens with zero attached hydrogens (tertiary/aromatic N) is 4. The van der Waals surface area contributed by atoms with E-state index in [9.17, 15) is 4.79 Å². The number of aromatic nitrogens is 2. The molecule has 3 rings (SSSR count). The highest BCUT2D eigenvalue weighted by Gasteiger charge is 2.44. The minimum atomic E-state index is 0.0327. The van der Waals surface area contributed by atoms with Crippen LogP contribution in [0.1, 0.15) is 39.5 Å². The molecule has 8 heteroatoms. The Labute approximate surface area is 161 Å². The van der Waals surface area contributed by atoms with E-state index >= 15 is 0 Å². The van der Waals surface area contributed by atoms with Crippen LogP contribution in [0.15, 0.2) is 6.07 Å². The second kappa shape index (κ2) is 8.29.